The van der Waals surface area contributed by atoms with Crippen LogP contribution < -0.4 is 5.32 Å². The molecule has 0 radical (unpaired) electrons. The van der Waals surface area contributed by atoms with Crippen LogP contribution in [-0.4, -0.2) is 47.8 Å². The molecule has 1 aromatic carbocycles. The summed E-state index contributed by atoms with van der Waals surface area (Å²) in [7, 11) is -1.29. The van der Waals surface area contributed by atoms with Crippen LogP contribution in [0.2, 0.25) is 0 Å². The van der Waals surface area contributed by atoms with Gasteiger partial charge in [0.1, 0.15) is 5.82 Å². The number of hydrogen-bond donors (Lipinski definition) is 1. The van der Waals surface area contributed by atoms with Gasteiger partial charge in [-0.05, 0) is 31.5 Å². The molecule has 1 aliphatic heterocycles. The highest BCUT2D eigenvalue weighted by Gasteiger charge is 2.22. The maximum Gasteiger partial charge on any atom is 0.190 e. The van der Waals surface area contributed by atoms with Gasteiger partial charge in [-0.3, -0.25) is 0 Å². The van der Waals surface area contributed by atoms with Gasteiger partial charge < -0.3 is 9.88 Å². The van der Waals surface area contributed by atoms with E-state index in [9.17, 15) is 8.42 Å². The summed E-state index contributed by atoms with van der Waals surface area (Å²) in [4.78, 5) is 0.373. The summed E-state index contributed by atoms with van der Waals surface area (Å²) in [5, 5.41) is 12.7. The summed E-state index contributed by atoms with van der Waals surface area (Å²) in [6, 6.07) is 8.57. The fourth-order valence-corrected chi connectivity index (χ4v) is 5.45. The van der Waals surface area contributed by atoms with Crippen molar-refractivity contribution in [2.75, 3.05) is 24.6 Å². The van der Waals surface area contributed by atoms with E-state index in [1.807, 2.05) is 17.7 Å². The van der Waals surface area contributed by atoms with Gasteiger partial charge in [0, 0.05) is 25.3 Å². The van der Waals surface area contributed by atoms with Crippen LogP contribution in [0.5, 0.6) is 0 Å². The van der Waals surface area contributed by atoms with Crippen LogP contribution in [0.3, 0.4) is 0 Å². The van der Waals surface area contributed by atoms with Crippen LogP contribution in [0.4, 0.5) is 0 Å². The zero-order chi connectivity index (χ0) is 17.0. The Morgan fingerprint density at radius 2 is 2.08 bits per heavy atom. The van der Waals surface area contributed by atoms with Gasteiger partial charge in [-0.2, -0.15) is 0 Å². The molecule has 24 heavy (non-hydrogen) atoms. The lowest BCUT2D eigenvalue weighted by molar-refractivity contribution is 0.436. The molecular weight excluding hydrogens is 344 g/mol. The molecule has 1 aliphatic rings. The Morgan fingerprint density at radius 3 is 2.79 bits per heavy atom. The number of hydrogen-bond acceptors (Lipinski definition) is 6. The predicted molar refractivity (Wildman–Crippen MR) is 95.1 cm³/mol. The van der Waals surface area contributed by atoms with Crippen molar-refractivity contribution in [2.45, 2.75) is 28.8 Å². The molecule has 8 heteroatoms. The van der Waals surface area contributed by atoms with E-state index in [0.29, 0.717) is 16.6 Å². The zero-order valence-corrected chi connectivity index (χ0v) is 15.3. The van der Waals surface area contributed by atoms with Crippen molar-refractivity contribution in [3.8, 4) is 0 Å². The number of benzene rings is 1. The number of nitrogens with one attached hydrogen (secondary N) is 1. The molecule has 1 fully saturated rings. The molecule has 0 bridgehead atoms. The lowest BCUT2D eigenvalue weighted by Crippen LogP contribution is -2.29. The average molecular weight is 367 g/mol. The Balaban J connectivity index is 1.60. The molecule has 1 N–H and O–H groups in total. The van der Waals surface area contributed by atoms with E-state index in [2.05, 4.69) is 15.5 Å². The lowest BCUT2D eigenvalue weighted by atomic mass is 9.99. The van der Waals surface area contributed by atoms with Gasteiger partial charge in [0.05, 0.1) is 10.6 Å². The van der Waals surface area contributed by atoms with E-state index < -0.39 is 9.84 Å². The largest absolute Gasteiger partial charge is 0.316 e. The maximum atomic E-state index is 12.3. The summed E-state index contributed by atoms with van der Waals surface area (Å²) >= 11 is 1.44. The van der Waals surface area contributed by atoms with Crippen LogP contribution in [-0.2, 0) is 16.9 Å². The first-order valence-corrected chi connectivity index (χ1v) is 10.7. The Hall–Kier alpha value is -1.38. The first kappa shape index (κ1) is 17.4. The van der Waals surface area contributed by atoms with Crippen LogP contribution in [0.25, 0.3) is 0 Å². The second-order valence-electron chi connectivity index (χ2n) is 5.92. The fraction of sp³-hybridized carbons (Fsp3) is 0.500. The molecule has 0 spiro atoms. The van der Waals surface area contributed by atoms with Crippen LogP contribution in [0, 0.1) is 0 Å². The molecule has 1 aromatic heterocycles. The second-order valence-corrected chi connectivity index (χ2v) is 9.09. The van der Waals surface area contributed by atoms with Gasteiger partial charge in [0.15, 0.2) is 15.0 Å². The van der Waals surface area contributed by atoms with Crippen molar-refractivity contribution in [3.05, 3.63) is 36.2 Å². The van der Waals surface area contributed by atoms with Crippen molar-refractivity contribution in [3.63, 3.8) is 0 Å². The number of nitrogens with zero attached hydrogens (tertiary/aromatic N) is 3. The fourth-order valence-electron chi connectivity index (χ4n) is 2.87. The molecule has 1 unspecified atom stereocenters. The van der Waals surface area contributed by atoms with Crippen LogP contribution in [0.15, 0.2) is 40.4 Å². The first-order valence-electron chi connectivity index (χ1n) is 8.08. The van der Waals surface area contributed by atoms with Crippen molar-refractivity contribution in [2.24, 2.45) is 7.05 Å². The Kier molecular flexibility index (Phi) is 5.57. The minimum Gasteiger partial charge on any atom is -0.316 e. The number of aromatic nitrogens is 3. The highest BCUT2D eigenvalue weighted by molar-refractivity contribution is 8.00. The summed E-state index contributed by atoms with van der Waals surface area (Å²) in [5.41, 5.74) is 0. The minimum atomic E-state index is -3.25. The average Bonchev–Trinajstić information content (AvgIpc) is 2.97. The van der Waals surface area contributed by atoms with E-state index in [-0.39, 0.29) is 5.75 Å². The molecule has 2 aromatic rings. The molecule has 1 atom stereocenters. The van der Waals surface area contributed by atoms with Gasteiger partial charge in [-0.1, -0.05) is 30.0 Å². The predicted octanol–water partition coefficient (Wildman–Crippen LogP) is 1.85. The maximum absolute atomic E-state index is 12.3. The molecule has 0 saturated carbocycles. The van der Waals surface area contributed by atoms with E-state index in [4.69, 9.17) is 0 Å². The van der Waals surface area contributed by atoms with Gasteiger partial charge in [0.25, 0.3) is 0 Å². The molecule has 6 nitrogen and oxygen atoms in total. The Bertz CT molecular complexity index is 769. The Labute approximate surface area is 147 Å². The normalized spacial score (nSPS) is 18.6. The summed E-state index contributed by atoms with van der Waals surface area (Å²) in [6.07, 6.45) is 2.27. The van der Waals surface area contributed by atoms with Crippen molar-refractivity contribution < 1.29 is 8.42 Å². The van der Waals surface area contributed by atoms with Crippen molar-refractivity contribution in [1.29, 1.82) is 0 Å². The highest BCUT2D eigenvalue weighted by Crippen LogP contribution is 2.25. The SMILES string of the molecule is Cn1c(SCCS(=O)(=O)c2ccccc2)nnc1C1CCCNC1. The number of sulfone groups is 1. The number of thioether (sulfide) groups is 1. The Morgan fingerprint density at radius 1 is 1.29 bits per heavy atom. The van der Waals surface area contributed by atoms with E-state index in [0.717, 1.165) is 36.9 Å². The van der Waals surface area contributed by atoms with Gasteiger partial charge in [-0.25, -0.2) is 8.42 Å². The van der Waals surface area contributed by atoms with E-state index >= 15 is 0 Å². The number of rotatable bonds is 6. The third-order valence-corrected chi connectivity index (χ3v) is 7.23. The van der Waals surface area contributed by atoms with Gasteiger partial charge in [0.2, 0.25) is 0 Å². The molecule has 130 valence electrons. The summed E-state index contributed by atoms with van der Waals surface area (Å²) in [5.74, 6) is 1.93. The molecular formula is C16H22N4O2S2. The van der Waals surface area contributed by atoms with Crippen LogP contribution in [0.1, 0.15) is 24.6 Å². The van der Waals surface area contributed by atoms with Crippen molar-refractivity contribution >= 4 is 21.6 Å². The summed E-state index contributed by atoms with van der Waals surface area (Å²) < 4.78 is 26.6. The highest BCUT2D eigenvalue weighted by atomic mass is 32.2. The van der Waals surface area contributed by atoms with E-state index in [1.165, 1.54) is 11.8 Å². The van der Waals surface area contributed by atoms with Gasteiger partial charge in [-0.15, -0.1) is 10.2 Å². The third-order valence-electron chi connectivity index (χ3n) is 4.22. The van der Waals surface area contributed by atoms with Gasteiger partial charge >= 0.3 is 0 Å². The summed E-state index contributed by atoms with van der Waals surface area (Å²) in [6.45, 7) is 1.99. The van der Waals surface area contributed by atoms with E-state index in [1.54, 1.807) is 24.3 Å². The third kappa shape index (κ3) is 3.99. The first-order chi connectivity index (χ1) is 11.6. The second kappa shape index (κ2) is 7.67. The molecule has 3 rings (SSSR count). The topological polar surface area (TPSA) is 76.9 Å². The number of piperidine rings is 1. The molecule has 1 saturated heterocycles. The quantitative estimate of drug-likeness (QED) is 0.786. The molecule has 0 aliphatic carbocycles. The zero-order valence-electron chi connectivity index (χ0n) is 13.7. The standard InChI is InChI=1S/C16H22N4O2S2/c1-20-15(13-6-5-9-17-12-13)18-19-16(20)23-10-11-24(21,22)14-7-3-2-4-8-14/h2-4,7-8,13,17H,5-6,9-12H2,1H3. The van der Waals surface area contributed by atoms with Crippen LogP contribution >= 0.6 is 11.8 Å². The molecule has 0 amide bonds. The molecule has 2 heterocycles. The minimum absolute atomic E-state index is 0.0921. The lowest BCUT2D eigenvalue weighted by Gasteiger charge is -2.21. The monoisotopic (exact) mass is 366 g/mol. The smallest absolute Gasteiger partial charge is 0.190 e. The van der Waals surface area contributed by atoms with Crippen molar-refractivity contribution in [1.82, 2.24) is 20.1 Å².